The fourth-order valence-corrected chi connectivity index (χ4v) is 2.27. The van der Waals surface area contributed by atoms with Crippen LogP contribution in [0.1, 0.15) is 17.4 Å². The number of hydrogen-bond acceptors (Lipinski definition) is 3. The number of amides is 1. The lowest BCUT2D eigenvalue weighted by atomic mass is 10.3. The number of benzene rings is 1. The second-order valence-electron chi connectivity index (χ2n) is 4.23. The van der Waals surface area contributed by atoms with Gasteiger partial charge in [0.05, 0.1) is 12.3 Å². The maximum Gasteiger partial charge on any atom is 0.274 e. The normalized spacial score (nSPS) is 10.6. The summed E-state index contributed by atoms with van der Waals surface area (Å²) >= 11 is 3.41. The zero-order chi connectivity index (χ0) is 14.5. The minimum atomic E-state index is -0.171. The van der Waals surface area contributed by atoms with Crippen LogP contribution in [0, 0.1) is 0 Å². The summed E-state index contributed by atoms with van der Waals surface area (Å²) < 4.78 is 2.61. The number of carbonyl (C=O) groups is 1. The number of likely N-dealkylation sites (N-methyl/N-ethyl adjacent to an activating group) is 1. The molecule has 106 valence electrons. The molecular weight excluding hydrogens is 322 g/mol. The van der Waals surface area contributed by atoms with Crippen LogP contribution in [0.4, 0.5) is 0 Å². The number of aromatic nitrogens is 2. The molecule has 1 amide bonds. The highest BCUT2D eigenvalue weighted by Crippen LogP contribution is 2.15. The van der Waals surface area contributed by atoms with Crippen molar-refractivity contribution in [2.45, 2.75) is 6.92 Å². The van der Waals surface area contributed by atoms with E-state index < -0.39 is 0 Å². The number of halogens is 1. The van der Waals surface area contributed by atoms with Crippen molar-refractivity contribution in [1.82, 2.24) is 14.7 Å². The van der Waals surface area contributed by atoms with E-state index in [2.05, 4.69) is 21.0 Å². The molecule has 20 heavy (non-hydrogen) atoms. The molecule has 2 rings (SSSR count). The molecule has 1 aromatic heterocycles. The van der Waals surface area contributed by atoms with Crippen molar-refractivity contribution in [3.05, 3.63) is 46.7 Å². The monoisotopic (exact) mass is 337 g/mol. The number of hydrogen-bond donors (Lipinski definition) is 1. The number of carbonyl (C=O) groups excluding carboxylic acids is 1. The van der Waals surface area contributed by atoms with Crippen molar-refractivity contribution >= 4 is 21.8 Å². The standard InChI is InChI=1S/C14H16BrN3O2/c1-2-17(8-9-19)14(20)13-6-7-18(16-13)12-5-3-4-11(15)10-12/h3-7,10,19H,2,8-9H2,1H3. The predicted molar refractivity (Wildman–Crippen MR) is 79.9 cm³/mol. The Morgan fingerprint density at radius 2 is 2.25 bits per heavy atom. The lowest BCUT2D eigenvalue weighted by Gasteiger charge is -2.18. The Balaban J connectivity index is 2.22. The third-order valence-electron chi connectivity index (χ3n) is 2.92. The van der Waals surface area contributed by atoms with E-state index in [1.54, 1.807) is 21.8 Å². The van der Waals surface area contributed by atoms with Crippen molar-refractivity contribution in [3.8, 4) is 5.69 Å². The highest BCUT2D eigenvalue weighted by Gasteiger charge is 2.16. The van der Waals surface area contributed by atoms with Gasteiger partial charge in [0.25, 0.3) is 5.91 Å². The van der Waals surface area contributed by atoms with Crippen LogP contribution in [-0.2, 0) is 0 Å². The van der Waals surface area contributed by atoms with Crippen LogP contribution < -0.4 is 0 Å². The molecule has 0 aliphatic rings. The molecule has 2 aromatic rings. The van der Waals surface area contributed by atoms with Gasteiger partial charge in [-0.3, -0.25) is 4.79 Å². The van der Waals surface area contributed by atoms with E-state index in [0.29, 0.717) is 18.8 Å². The van der Waals surface area contributed by atoms with E-state index >= 15 is 0 Å². The SMILES string of the molecule is CCN(CCO)C(=O)c1ccn(-c2cccc(Br)c2)n1. The molecule has 0 saturated heterocycles. The lowest BCUT2D eigenvalue weighted by Crippen LogP contribution is -2.33. The van der Waals surface area contributed by atoms with Gasteiger partial charge in [-0.25, -0.2) is 4.68 Å². The second kappa shape index (κ2) is 6.67. The Morgan fingerprint density at radius 3 is 2.90 bits per heavy atom. The molecule has 0 spiro atoms. The molecule has 5 nitrogen and oxygen atoms in total. The van der Waals surface area contributed by atoms with E-state index in [1.165, 1.54) is 0 Å². The van der Waals surface area contributed by atoms with Gasteiger partial charge in [-0.2, -0.15) is 5.10 Å². The highest BCUT2D eigenvalue weighted by molar-refractivity contribution is 9.10. The molecule has 1 N–H and O–H groups in total. The van der Waals surface area contributed by atoms with Gasteiger partial charge < -0.3 is 10.0 Å². The first-order chi connectivity index (χ1) is 9.65. The van der Waals surface area contributed by atoms with Crippen molar-refractivity contribution in [3.63, 3.8) is 0 Å². The molecule has 0 unspecified atom stereocenters. The van der Waals surface area contributed by atoms with Gasteiger partial charge in [0.1, 0.15) is 0 Å². The third kappa shape index (κ3) is 3.26. The molecule has 0 fully saturated rings. The first kappa shape index (κ1) is 14.7. The van der Waals surface area contributed by atoms with Crippen LogP contribution in [0.15, 0.2) is 41.0 Å². The largest absolute Gasteiger partial charge is 0.395 e. The summed E-state index contributed by atoms with van der Waals surface area (Å²) in [5, 5.41) is 13.2. The van der Waals surface area contributed by atoms with Crippen molar-refractivity contribution in [2.75, 3.05) is 19.7 Å². The molecule has 6 heteroatoms. The van der Waals surface area contributed by atoms with Gasteiger partial charge in [-0.1, -0.05) is 22.0 Å². The van der Waals surface area contributed by atoms with Crippen LogP contribution in [0.3, 0.4) is 0 Å². The van der Waals surface area contributed by atoms with Gasteiger partial charge in [-0.05, 0) is 31.2 Å². The molecule has 0 aliphatic carbocycles. The van der Waals surface area contributed by atoms with Gasteiger partial charge >= 0.3 is 0 Å². The van der Waals surface area contributed by atoms with Crippen LogP contribution in [0.5, 0.6) is 0 Å². The second-order valence-corrected chi connectivity index (χ2v) is 5.15. The quantitative estimate of drug-likeness (QED) is 0.908. The van der Waals surface area contributed by atoms with E-state index in [0.717, 1.165) is 10.2 Å². The Hall–Kier alpha value is -1.66. The van der Waals surface area contributed by atoms with Crippen molar-refractivity contribution < 1.29 is 9.90 Å². The number of aliphatic hydroxyl groups excluding tert-OH is 1. The fourth-order valence-electron chi connectivity index (χ4n) is 1.89. The first-order valence-electron chi connectivity index (χ1n) is 6.37. The molecule has 0 bridgehead atoms. The molecule has 0 atom stereocenters. The lowest BCUT2D eigenvalue weighted by molar-refractivity contribution is 0.0725. The van der Waals surface area contributed by atoms with E-state index in [-0.39, 0.29) is 12.5 Å². The fraction of sp³-hybridized carbons (Fsp3) is 0.286. The topological polar surface area (TPSA) is 58.4 Å². The molecular formula is C14H16BrN3O2. The maximum absolute atomic E-state index is 12.2. The Morgan fingerprint density at radius 1 is 1.45 bits per heavy atom. The summed E-state index contributed by atoms with van der Waals surface area (Å²) in [7, 11) is 0. The smallest absolute Gasteiger partial charge is 0.274 e. The summed E-state index contributed by atoms with van der Waals surface area (Å²) in [5.74, 6) is -0.171. The average Bonchev–Trinajstić information content (AvgIpc) is 2.94. The highest BCUT2D eigenvalue weighted by atomic mass is 79.9. The minimum absolute atomic E-state index is 0.0497. The van der Waals surface area contributed by atoms with E-state index in [9.17, 15) is 4.79 Å². The van der Waals surface area contributed by atoms with E-state index in [4.69, 9.17) is 5.11 Å². The van der Waals surface area contributed by atoms with Crippen LogP contribution >= 0.6 is 15.9 Å². The molecule has 0 aliphatic heterocycles. The first-order valence-corrected chi connectivity index (χ1v) is 7.16. The predicted octanol–water partition coefficient (Wildman–Crippen LogP) is 2.09. The van der Waals surface area contributed by atoms with Crippen LogP contribution in [0.2, 0.25) is 0 Å². The Labute approximate surface area is 126 Å². The minimum Gasteiger partial charge on any atom is -0.395 e. The zero-order valence-corrected chi connectivity index (χ0v) is 12.7. The summed E-state index contributed by atoms with van der Waals surface area (Å²) in [6, 6.07) is 9.36. The molecule has 1 heterocycles. The average molecular weight is 338 g/mol. The summed E-state index contributed by atoms with van der Waals surface area (Å²) in [4.78, 5) is 13.8. The van der Waals surface area contributed by atoms with E-state index in [1.807, 2.05) is 31.2 Å². The maximum atomic E-state index is 12.2. The Kier molecular flexibility index (Phi) is 4.92. The zero-order valence-electron chi connectivity index (χ0n) is 11.2. The van der Waals surface area contributed by atoms with Gasteiger partial charge in [-0.15, -0.1) is 0 Å². The summed E-state index contributed by atoms with van der Waals surface area (Å²) in [6.45, 7) is 2.69. The summed E-state index contributed by atoms with van der Waals surface area (Å²) in [6.07, 6.45) is 1.75. The third-order valence-corrected chi connectivity index (χ3v) is 3.41. The molecule has 0 radical (unpaired) electrons. The van der Waals surface area contributed by atoms with Crippen molar-refractivity contribution in [1.29, 1.82) is 0 Å². The molecule has 0 saturated carbocycles. The number of nitrogens with zero attached hydrogens (tertiary/aromatic N) is 3. The van der Waals surface area contributed by atoms with Gasteiger partial charge in [0, 0.05) is 23.8 Å². The summed E-state index contributed by atoms with van der Waals surface area (Å²) in [5.41, 5.74) is 1.25. The van der Waals surface area contributed by atoms with Crippen molar-refractivity contribution in [2.24, 2.45) is 0 Å². The van der Waals surface area contributed by atoms with Crippen LogP contribution in [0.25, 0.3) is 5.69 Å². The van der Waals surface area contributed by atoms with Gasteiger partial charge in [0.2, 0.25) is 0 Å². The Bertz CT molecular complexity index is 598. The van der Waals surface area contributed by atoms with Crippen LogP contribution in [-0.4, -0.2) is 45.4 Å². The molecule has 1 aromatic carbocycles. The number of aliphatic hydroxyl groups is 1. The number of rotatable bonds is 5. The van der Waals surface area contributed by atoms with Gasteiger partial charge in [0.15, 0.2) is 5.69 Å².